The zero-order valence-electron chi connectivity index (χ0n) is 16.5. The van der Waals surface area contributed by atoms with E-state index < -0.39 is 18.5 Å². The molecule has 3 aromatic rings. The number of nitrogens with one attached hydrogen (secondary N) is 2. The maximum atomic E-state index is 12.3. The highest BCUT2D eigenvalue weighted by atomic mass is 32.1. The number of fused-ring (bicyclic) bond motifs is 1. The quantitative estimate of drug-likeness (QED) is 0.464. The highest BCUT2D eigenvalue weighted by Gasteiger charge is 2.31. The fourth-order valence-corrected chi connectivity index (χ4v) is 3.41. The van der Waals surface area contributed by atoms with E-state index in [0.29, 0.717) is 16.6 Å². The van der Waals surface area contributed by atoms with Gasteiger partial charge in [0.2, 0.25) is 0 Å². The van der Waals surface area contributed by atoms with Gasteiger partial charge in [0, 0.05) is 12.5 Å². The highest BCUT2D eigenvalue weighted by Crippen LogP contribution is 2.31. The van der Waals surface area contributed by atoms with Crippen molar-refractivity contribution in [1.29, 1.82) is 0 Å². The first-order valence-electron chi connectivity index (χ1n) is 9.33. The van der Waals surface area contributed by atoms with E-state index in [0.717, 1.165) is 23.0 Å². The minimum Gasteiger partial charge on any atom is -0.449 e. The minimum atomic E-state index is -4.80. The van der Waals surface area contributed by atoms with E-state index in [4.69, 9.17) is 9.47 Å². The van der Waals surface area contributed by atoms with Crippen molar-refractivity contribution in [2.75, 3.05) is 25.1 Å². The molecule has 1 aromatic heterocycles. The number of ether oxygens (including phenoxy) is 3. The van der Waals surface area contributed by atoms with Crippen molar-refractivity contribution in [3.8, 4) is 5.75 Å². The molecule has 0 radical (unpaired) electrons. The summed E-state index contributed by atoms with van der Waals surface area (Å²) in [5.41, 5.74) is 1.43. The molecule has 0 bridgehead atoms. The van der Waals surface area contributed by atoms with Gasteiger partial charge in [0.05, 0.1) is 23.4 Å². The molecule has 8 nitrogen and oxygen atoms in total. The molecule has 0 saturated carbocycles. The number of amides is 2. The van der Waals surface area contributed by atoms with E-state index in [1.54, 1.807) is 0 Å². The van der Waals surface area contributed by atoms with Crippen LogP contribution < -0.4 is 15.4 Å². The summed E-state index contributed by atoms with van der Waals surface area (Å²) in [5, 5.41) is 4.97. The number of halogens is 3. The predicted octanol–water partition coefficient (Wildman–Crippen LogP) is 4.71. The summed E-state index contributed by atoms with van der Waals surface area (Å²) in [6.07, 6.45) is -5.67. The summed E-state index contributed by atoms with van der Waals surface area (Å²) in [7, 11) is 0. The largest absolute Gasteiger partial charge is 0.573 e. The lowest BCUT2D eigenvalue weighted by molar-refractivity contribution is -0.274. The number of nitrogens with zero attached hydrogens (tertiary/aromatic N) is 1. The van der Waals surface area contributed by atoms with Crippen LogP contribution >= 0.6 is 11.3 Å². The van der Waals surface area contributed by atoms with E-state index in [9.17, 15) is 22.8 Å². The lowest BCUT2D eigenvalue weighted by Crippen LogP contribution is -2.29. The zero-order valence-corrected chi connectivity index (χ0v) is 17.3. The molecule has 0 unspecified atom stereocenters. The number of thiazole rings is 1. The van der Waals surface area contributed by atoms with Crippen molar-refractivity contribution in [2.24, 2.45) is 0 Å². The second kappa shape index (κ2) is 10.7. The fourth-order valence-electron chi connectivity index (χ4n) is 2.53. The second-order valence-corrected chi connectivity index (χ2v) is 7.29. The van der Waals surface area contributed by atoms with Crippen LogP contribution in [0.1, 0.15) is 5.56 Å². The van der Waals surface area contributed by atoms with Crippen LogP contribution in [0, 0.1) is 0 Å². The minimum absolute atomic E-state index is 0.0373. The van der Waals surface area contributed by atoms with Gasteiger partial charge in [-0.15, -0.1) is 13.2 Å². The van der Waals surface area contributed by atoms with Crippen molar-refractivity contribution in [1.82, 2.24) is 10.3 Å². The monoisotopic (exact) mass is 469 g/mol. The Morgan fingerprint density at radius 1 is 1.00 bits per heavy atom. The number of carbonyl (C=O) groups excluding carboxylic acids is 2. The average Bonchev–Trinajstić information content (AvgIpc) is 3.12. The van der Waals surface area contributed by atoms with Crippen LogP contribution in [-0.2, 0) is 15.9 Å². The molecular formula is C20H18F3N3O5S. The summed E-state index contributed by atoms with van der Waals surface area (Å²) in [5.74, 6) is -0.385. The van der Waals surface area contributed by atoms with Crippen LogP contribution in [0.2, 0.25) is 0 Å². The van der Waals surface area contributed by atoms with Crippen LogP contribution in [0.4, 0.5) is 27.9 Å². The molecule has 0 saturated heterocycles. The van der Waals surface area contributed by atoms with Crippen LogP contribution in [0.25, 0.3) is 10.2 Å². The summed E-state index contributed by atoms with van der Waals surface area (Å²) in [6.45, 7) is 0.133. The summed E-state index contributed by atoms with van der Waals surface area (Å²) in [6, 6.07) is 13.2. The van der Waals surface area contributed by atoms with Gasteiger partial charge in [0.25, 0.3) is 0 Å². The number of hydrogen-bond acceptors (Lipinski definition) is 7. The van der Waals surface area contributed by atoms with Gasteiger partial charge < -0.3 is 19.5 Å². The molecule has 32 heavy (non-hydrogen) atoms. The van der Waals surface area contributed by atoms with E-state index in [1.807, 2.05) is 30.3 Å². The van der Waals surface area contributed by atoms with Gasteiger partial charge in [0.15, 0.2) is 5.13 Å². The van der Waals surface area contributed by atoms with Crippen molar-refractivity contribution in [3.05, 3.63) is 54.1 Å². The van der Waals surface area contributed by atoms with Crippen LogP contribution in [0.3, 0.4) is 0 Å². The molecule has 2 aromatic carbocycles. The second-order valence-electron chi connectivity index (χ2n) is 6.26. The summed E-state index contributed by atoms with van der Waals surface area (Å²) < 4.78 is 51.1. The Morgan fingerprint density at radius 2 is 1.75 bits per heavy atom. The Morgan fingerprint density at radius 3 is 2.50 bits per heavy atom. The SMILES string of the molecule is O=C(NCCOC(=O)Nc1nc2ccc(OC(F)(F)F)cc2s1)OCCc1ccccc1. The van der Waals surface area contributed by atoms with Gasteiger partial charge in [-0.2, -0.15) is 0 Å². The maximum absolute atomic E-state index is 12.3. The first kappa shape index (κ1) is 23.1. The lowest BCUT2D eigenvalue weighted by atomic mass is 10.2. The number of carbonyl (C=O) groups is 2. The number of aromatic nitrogens is 1. The van der Waals surface area contributed by atoms with Gasteiger partial charge in [-0.05, 0) is 17.7 Å². The number of hydrogen-bond donors (Lipinski definition) is 2. The van der Waals surface area contributed by atoms with Gasteiger partial charge in [0.1, 0.15) is 12.4 Å². The van der Waals surface area contributed by atoms with E-state index in [2.05, 4.69) is 20.4 Å². The van der Waals surface area contributed by atoms with Crippen molar-refractivity contribution < 1.29 is 37.0 Å². The van der Waals surface area contributed by atoms with Crippen molar-refractivity contribution in [3.63, 3.8) is 0 Å². The van der Waals surface area contributed by atoms with Crippen LogP contribution in [0.5, 0.6) is 5.75 Å². The molecule has 0 aliphatic heterocycles. The first-order chi connectivity index (χ1) is 15.3. The summed E-state index contributed by atoms with van der Waals surface area (Å²) in [4.78, 5) is 27.5. The zero-order chi connectivity index (χ0) is 23.0. The maximum Gasteiger partial charge on any atom is 0.573 e. The van der Waals surface area contributed by atoms with Crippen LogP contribution in [0.15, 0.2) is 48.5 Å². The van der Waals surface area contributed by atoms with Gasteiger partial charge in [-0.3, -0.25) is 5.32 Å². The number of alkyl carbamates (subject to hydrolysis) is 1. The third-order valence-corrected chi connectivity index (χ3v) is 4.81. The molecule has 0 spiro atoms. The lowest BCUT2D eigenvalue weighted by Gasteiger charge is -2.08. The van der Waals surface area contributed by atoms with Gasteiger partial charge >= 0.3 is 18.5 Å². The molecule has 2 N–H and O–H groups in total. The molecule has 0 aliphatic rings. The number of anilines is 1. The molecule has 12 heteroatoms. The van der Waals surface area contributed by atoms with Gasteiger partial charge in [-0.1, -0.05) is 41.7 Å². The number of rotatable bonds is 8. The Bertz CT molecular complexity index is 1060. The molecular weight excluding hydrogens is 451 g/mol. The first-order valence-corrected chi connectivity index (χ1v) is 10.1. The van der Waals surface area contributed by atoms with E-state index in [1.165, 1.54) is 12.1 Å². The molecule has 170 valence electrons. The molecule has 1 heterocycles. The Balaban J connectivity index is 1.35. The average molecular weight is 469 g/mol. The molecule has 0 atom stereocenters. The Kier molecular flexibility index (Phi) is 7.71. The fraction of sp³-hybridized carbons (Fsp3) is 0.250. The molecule has 2 amide bonds. The third-order valence-electron chi connectivity index (χ3n) is 3.87. The Hall–Kier alpha value is -3.54. The van der Waals surface area contributed by atoms with E-state index >= 15 is 0 Å². The molecule has 3 rings (SSSR count). The highest BCUT2D eigenvalue weighted by molar-refractivity contribution is 7.22. The molecule has 0 aliphatic carbocycles. The number of alkyl halides is 3. The topological polar surface area (TPSA) is 98.8 Å². The normalized spacial score (nSPS) is 11.1. The Labute approximate surface area is 184 Å². The summed E-state index contributed by atoms with van der Waals surface area (Å²) >= 11 is 0.957. The predicted molar refractivity (Wildman–Crippen MR) is 111 cm³/mol. The molecule has 0 fully saturated rings. The van der Waals surface area contributed by atoms with Crippen molar-refractivity contribution >= 4 is 38.9 Å². The smallest absolute Gasteiger partial charge is 0.449 e. The van der Waals surface area contributed by atoms with Crippen LogP contribution in [-0.4, -0.2) is 43.3 Å². The van der Waals surface area contributed by atoms with Crippen molar-refractivity contribution in [2.45, 2.75) is 12.8 Å². The van der Waals surface area contributed by atoms with E-state index in [-0.39, 0.29) is 30.6 Å². The van der Waals surface area contributed by atoms with Gasteiger partial charge in [-0.25, -0.2) is 14.6 Å². The third kappa shape index (κ3) is 7.61. The number of benzene rings is 2. The standard InChI is InChI=1S/C20H18F3N3O5S/c21-20(22,23)31-14-6-7-15-16(12-14)32-17(25-15)26-19(28)30-11-9-24-18(27)29-10-8-13-4-2-1-3-5-13/h1-7,12H,8-11H2,(H,24,27)(H,25,26,28).